The van der Waals surface area contributed by atoms with Crippen molar-refractivity contribution in [3.05, 3.63) is 33.9 Å². The van der Waals surface area contributed by atoms with Gasteiger partial charge >= 0.3 is 0 Å². The van der Waals surface area contributed by atoms with Gasteiger partial charge in [-0.2, -0.15) is 0 Å². The highest BCUT2D eigenvalue weighted by molar-refractivity contribution is 5.65. The minimum Gasteiger partial charge on any atom is -0.393 e. The Bertz CT molecular complexity index is 561. The van der Waals surface area contributed by atoms with Crippen LogP contribution >= 0.6 is 0 Å². The molecule has 1 aromatic rings. The van der Waals surface area contributed by atoms with Gasteiger partial charge in [0.15, 0.2) is 0 Å². The number of nitro benzene ring substituents is 1. The number of fused-ring (bicyclic) bond motifs is 1. The molecule has 3 unspecified atom stereocenters. The standard InChI is InChI=1S/C15H20N2O4/c1-9(18)10-2-4-13(14(6-10)17(20)21)16-7-11-3-5-15(19)12(11)8-16/h2,4,6,9,11-12,15,18-19H,3,5,7-8H2,1H3/t9-,11?,12?,15?/m1/s1. The molecule has 2 N–H and O–H groups in total. The number of nitrogens with zero attached hydrogens (tertiary/aromatic N) is 2. The molecule has 4 atom stereocenters. The minimum absolute atomic E-state index is 0.0304. The molecule has 6 nitrogen and oxygen atoms in total. The van der Waals surface area contributed by atoms with Gasteiger partial charge in [0.2, 0.25) is 0 Å². The Morgan fingerprint density at radius 1 is 1.38 bits per heavy atom. The molecule has 0 bridgehead atoms. The van der Waals surface area contributed by atoms with Crippen molar-refractivity contribution in [2.75, 3.05) is 18.0 Å². The number of hydrogen-bond donors (Lipinski definition) is 2. The fourth-order valence-electron chi connectivity index (χ4n) is 3.65. The van der Waals surface area contributed by atoms with E-state index in [-0.39, 0.29) is 17.7 Å². The lowest BCUT2D eigenvalue weighted by Gasteiger charge is -2.21. The maximum Gasteiger partial charge on any atom is 0.292 e. The summed E-state index contributed by atoms with van der Waals surface area (Å²) in [6.07, 6.45) is 0.821. The monoisotopic (exact) mass is 292 g/mol. The smallest absolute Gasteiger partial charge is 0.292 e. The highest BCUT2D eigenvalue weighted by atomic mass is 16.6. The normalized spacial score (nSPS) is 29.5. The highest BCUT2D eigenvalue weighted by Crippen LogP contribution is 2.42. The van der Waals surface area contributed by atoms with Crippen LogP contribution in [0.25, 0.3) is 0 Å². The Morgan fingerprint density at radius 2 is 2.14 bits per heavy atom. The van der Waals surface area contributed by atoms with Crippen LogP contribution in [0.2, 0.25) is 0 Å². The Hall–Kier alpha value is -1.66. The van der Waals surface area contributed by atoms with Crippen LogP contribution in [-0.4, -0.2) is 34.3 Å². The van der Waals surface area contributed by atoms with Crippen molar-refractivity contribution in [3.8, 4) is 0 Å². The molecule has 0 aromatic heterocycles. The second-order valence-corrected chi connectivity index (χ2v) is 6.15. The van der Waals surface area contributed by atoms with Crippen molar-refractivity contribution in [2.45, 2.75) is 32.0 Å². The van der Waals surface area contributed by atoms with Gasteiger partial charge in [0.05, 0.1) is 17.1 Å². The van der Waals surface area contributed by atoms with Crippen LogP contribution in [0.5, 0.6) is 0 Å². The third-order valence-corrected chi connectivity index (χ3v) is 4.84. The van der Waals surface area contributed by atoms with Gasteiger partial charge in [0.1, 0.15) is 5.69 Å². The molecule has 1 saturated carbocycles. The molecular formula is C15H20N2O4. The fourth-order valence-corrected chi connectivity index (χ4v) is 3.65. The van der Waals surface area contributed by atoms with Gasteiger partial charge in [-0.1, -0.05) is 6.07 Å². The summed E-state index contributed by atoms with van der Waals surface area (Å²) in [5.41, 5.74) is 1.17. The van der Waals surface area contributed by atoms with Crippen LogP contribution in [0.1, 0.15) is 31.4 Å². The van der Waals surface area contributed by atoms with Gasteiger partial charge in [0, 0.05) is 25.1 Å². The first-order valence-electron chi connectivity index (χ1n) is 7.36. The molecule has 21 heavy (non-hydrogen) atoms. The average Bonchev–Trinajstić information content (AvgIpc) is 3.00. The average molecular weight is 292 g/mol. The van der Waals surface area contributed by atoms with Crippen molar-refractivity contribution >= 4 is 11.4 Å². The zero-order chi connectivity index (χ0) is 15.1. The maximum absolute atomic E-state index is 11.3. The van der Waals surface area contributed by atoms with E-state index in [4.69, 9.17) is 0 Å². The number of aliphatic hydroxyl groups excluding tert-OH is 2. The van der Waals surface area contributed by atoms with Crippen LogP contribution in [0, 0.1) is 22.0 Å². The molecule has 114 valence electrons. The molecule has 1 aliphatic heterocycles. The van der Waals surface area contributed by atoms with Gasteiger partial charge in [-0.3, -0.25) is 10.1 Å². The van der Waals surface area contributed by atoms with Gasteiger partial charge in [-0.25, -0.2) is 0 Å². The molecule has 0 radical (unpaired) electrons. The minimum atomic E-state index is -0.725. The largest absolute Gasteiger partial charge is 0.393 e. The zero-order valence-corrected chi connectivity index (χ0v) is 12.0. The number of anilines is 1. The first kappa shape index (κ1) is 14.3. The lowest BCUT2D eigenvalue weighted by atomic mass is 10.00. The van der Waals surface area contributed by atoms with Crippen LogP contribution < -0.4 is 4.90 Å². The number of rotatable bonds is 3. The second kappa shape index (κ2) is 5.27. The SMILES string of the molecule is C[C@@H](O)c1ccc(N2CC3CCC(O)C3C2)c([N+](=O)[O-])c1. The number of benzene rings is 1. The lowest BCUT2D eigenvalue weighted by molar-refractivity contribution is -0.384. The Labute approximate surface area is 123 Å². The van der Waals surface area contributed by atoms with Crippen LogP contribution in [-0.2, 0) is 0 Å². The summed E-state index contributed by atoms with van der Waals surface area (Å²) in [5, 5.41) is 30.9. The van der Waals surface area contributed by atoms with E-state index in [1.54, 1.807) is 19.1 Å². The molecular weight excluding hydrogens is 272 g/mol. The molecule has 2 aliphatic rings. The number of hydrogen-bond acceptors (Lipinski definition) is 5. The first-order valence-corrected chi connectivity index (χ1v) is 7.36. The van der Waals surface area contributed by atoms with Crippen molar-refractivity contribution < 1.29 is 15.1 Å². The summed E-state index contributed by atoms with van der Waals surface area (Å²) in [6.45, 7) is 3.02. The number of nitro groups is 1. The van der Waals surface area contributed by atoms with Gasteiger partial charge in [0.25, 0.3) is 5.69 Å². The molecule has 2 fully saturated rings. The molecule has 1 saturated heterocycles. The molecule has 6 heteroatoms. The summed E-state index contributed by atoms with van der Waals surface area (Å²) in [4.78, 5) is 12.9. The summed E-state index contributed by atoms with van der Waals surface area (Å²) in [7, 11) is 0. The molecule has 1 aliphatic carbocycles. The third kappa shape index (κ3) is 2.49. The summed E-state index contributed by atoms with van der Waals surface area (Å²) < 4.78 is 0. The first-order chi connectivity index (χ1) is 9.97. The van der Waals surface area contributed by atoms with E-state index in [1.807, 2.05) is 4.90 Å². The fraction of sp³-hybridized carbons (Fsp3) is 0.600. The van der Waals surface area contributed by atoms with Gasteiger partial charge in [-0.05, 0) is 37.3 Å². The predicted octanol–water partition coefficient (Wildman–Crippen LogP) is 1.86. The number of aliphatic hydroxyl groups is 2. The van der Waals surface area contributed by atoms with Crippen molar-refractivity contribution in [1.82, 2.24) is 0 Å². The molecule has 1 aromatic carbocycles. The van der Waals surface area contributed by atoms with Crippen LogP contribution in [0.3, 0.4) is 0 Å². The van der Waals surface area contributed by atoms with E-state index in [9.17, 15) is 20.3 Å². The van der Waals surface area contributed by atoms with Gasteiger partial charge < -0.3 is 15.1 Å². The van der Waals surface area contributed by atoms with E-state index in [2.05, 4.69) is 0 Å². The highest BCUT2D eigenvalue weighted by Gasteiger charge is 2.43. The lowest BCUT2D eigenvalue weighted by Crippen LogP contribution is -2.25. The van der Waals surface area contributed by atoms with E-state index in [0.717, 1.165) is 19.4 Å². The topological polar surface area (TPSA) is 86.8 Å². The Morgan fingerprint density at radius 3 is 2.76 bits per heavy atom. The van der Waals surface area contributed by atoms with Gasteiger partial charge in [-0.15, -0.1) is 0 Å². The molecule has 0 amide bonds. The van der Waals surface area contributed by atoms with Crippen molar-refractivity contribution in [2.24, 2.45) is 11.8 Å². The summed E-state index contributed by atoms with van der Waals surface area (Å²) in [5.74, 6) is 0.650. The molecule has 1 heterocycles. The van der Waals surface area contributed by atoms with E-state index >= 15 is 0 Å². The zero-order valence-electron chi connectivity index (χ0n) is 12.0. The van der Waals surface area contributed by atoms with Crippen LogP contribution in [0.15, 0.2) is 18.2 Å². The van der Waals surface area contributed by atoms with E-state index in [0.29, 0.717) is 23.7 Å². The summed E-state index contributed by atoms with van der Waals surface area (Å²) in [6, 6.07) is 4.90. The van der Waals surface area contributed by atoms with E-state index < -0.39 is 11.0 Å². The second-order valence-electron chi connectivity index (χ2n) is 6.15. The third-order valence-electron chi connectivity index (χ3n) is 4.84. The summed E-state index contributed by atoms with van der Waals surface area (Å²) >= 11 is 0. The molecule has 0 spiro atoms. The molecule has 3 rings (SSSR count). The van der Waals surface area contributed by atoms with Crippen LogP contribution in [0.4, 0.5) is 11.4 Å². The van der Waals surface area contributed by atoms with Crippen molar-refractivity contribution in [3.63, 3.8) is 0 Å². The predicted molar refractivity (Wildman–Crippen MR) is 78.2 cm³/mol. The Kier molecular flexibility index (Phi) is 3.59. The van der Waals surface area contributed by atoms with Crippen molar-refractivity contribution in [1.29, 1.82) is 0 Å². The van der Waals surface area contributed by atoms with E-state index in [1.165, 1.54) is 6.07 Å². The quantitative estimate of drug-likeness (QED) is 0.656. The maximum atomic E-state index is 11.3. The Balaban J connectivity index is 1.90.